The van der Waals surface area contributed by atoms with Crippen molar-refractivity contribution in [2.45, 2.75) is 44.8 Å². The zero-order chi connectivity index (χ0) is 23.3. The predicted molar refractivity (Wildman–Crippen MR) is 136 cm³/mol. The number of fused-ring (bicyclic) bond motifs is 1. The van der Waals surface area contributed by atoms with Crippen molar-refractivity contribution in [3.05, 3.63) is 70.2 Å². The smallest absolute Gasteiger partial charge is 0.222 e. The fourth-order valence-electron chi connectivity index (χ4n) is 5.96. The number of ether oxygens (including phenoxy) is 1. The summed E-state index contributed by atoms with van der Waals surface area (Å²) < 4.78 is 5.62. The van der Waals surface area contributed by atoms with Gasteiger partial charge in [0.15, 0.2) is 0 Å². The van der Waals surface area contributed by atoms with Gasteiger partial charge in [0.25, 0.3) is 0 Å². The van der Waals surface area contributed by atoms with Crippen molar-refractivity contribution in [3.8, 4) is 0 Å². The Morgan fingerprint density at radius 2 is 1.74 bits per heavy atom. The van der Waals surface area contributed by atoms with Crippen LogP contribution in [0.3, 0.4) is 0 Å². The van der Waals surface area contributed by atoms with E-state index < -0.39 is 0 Å². The quantitative estimate of drug-likeness (QED) is 0.618. The molecular weight excluding hydrogens is 446 g/mol. The van der Waals surface area contributed by atoms with Crippen molar-refractivity contribution in [1.82, 2.24) is 14.7 Å². The van der Waals surface area contributed by atoms with Crippen molar-refractivity contribution in [2.75, 3.05) is 45.9 Å². The molecule has 2 atom stereocenters. The molecule has 3 aliphatic rings. The summed E-state index contributed by atoms with van der Waals surface area (Å²) in [6.07, 6.45) is 3.68. The Bertz CT molecular complexity index is 978. The minimum atomic E-state index is 0.304. The molecule has 0 spiro atoms. The van der Waals surface area contributed by atoms with Gasteiger partial charge in [-0.15, -0.1) is 0 Å². The molecule has 2 aromatic rings. The molecule has 0 aliphatic carbocycles. The number of rotatable bonds is 6. The number of piperidine rings is 1. The Balaban J connectivity index is 1.23. The number of carbonyl (C=O) groups excluding carboxylic acids is 1. The van der Waals surface area contributed by atoms with Gasteiger partial charge < -0.3 is 9.64 Å². The van der Waals surface area contributed by atoms with Gasteiger partial charge in [-0.2, -0.15) is 0 Å². The van der Waals surface area contributed by atoms with Gasteiger partial charge in [-0.1, -0.05) is 54.1 Å². The fourth-order valence-corrected chi connectivity index (χ4v) is 6.15. The molecule has 0 saturated carbocycles. The van der Waals surface area contributed by atoms with Gasteiger partial charge in [-0.3, -0.25) is 14.6 Å². The zero-order valence-corrected chi connectivity index (χ0v) is 20.8. The standard InChI is InChI=1S/C28H36ClN3O2/c29-26-8-4-3-7-24(26)19-30-13-12-27(31-15-17-34-18-16-31)25(20-30)9-10-28(33)32-14-11-22-5-1-2-6-23(22)21-32/h1-8,25,27H,9-21H2/t25-,27+/m1/s1. The molecule has 2 aromatic carbocycles. The summed E-state index contributed by atoms with van der Waals surface area (Å²) in [5, 5.41) is 0.843. The summed E-state index contributed by atoms with van der Waals surface area (Å²) in [6, 6.07) is 17.2. The summed E-state index contributed by atoms with van der Waals surface area (Å²) in [5.41, 5.74) is 3.88. The third kappa shape index (κ3) is 5.65. The molecule has 5 nitrogen and oxygen atoms in total. The molecule has 5 rings (SSSR count). The third-order valence-electron chi connectivity index (χ3n) is 7.86. The minimum Gasteiger partial charge on any atom is -0.379 e. The third-order valence-corrected chi connectivity index (χ3v) is 8.23. The van der Waals surface area contributed by atoms with Crippen molar-refractivity contribution in [3.63, 3.8) is 0 Å². The van der Waals surface area contributed by atoms with Crippen LogP contribution in [0.25, 0.3) is 0 Å². The van der Waals surface area contributed by atoms with Gasteiger partial charge in [0.1, 0.15) is 0 Å². The van der Waals surface area contributed by atoms with E-state index in [1.54, 1.807) is 0 Å². The van der Waals surface area contributed by atoms with Crippen molar-refractivity contribution < 1.29 is 9.53 Å². The molecule has 3 heterocycles. The Kier molecular flexibility index (Phi) is 7.85. The first-order valence-electron chi connectivity index (χ1n) is 12.8. The highest BCUT2D eigenvalue weighted by Gasteiger charge is 2.34. The van der Waals surface area contributed by atoms with Crippen LogP contribution in [0.2, 0.25) is 5.02 Å². The molecule has 6 heteroatoms. The first-order valence-corrected chi connectivity index (χ1v) is 13.2. The van der Waals surface area contributed by atoms with E-state index in [9.17, 15) is 4.79 Å². The van der Waals surface area contributed by atoms with Gasteiger partial charge >= 0.3 is 0 Å². The normalized spacial score (nSPS) is 24.1. The Morgan fingerprint density at radius 3 is 2.56 bits per heavy atom. The average molecular weight is 482 g/mol. The van der Waals surface area contributed by atoms with Crippen LogP contribution in [0, 0.1) is 5.92 Å². The molecule has 0 unspecified atom stereocenters. The van der Waals surface area contributed by atoms with E-state index in [4.69, 9.17) is 16.3 Å². The van der Waals surface area contributed by atoms with Crippen LogP contribution >= 0.6 is 11.6 Å². The Hall–Kier alpha value is -1.92. The molecule has 3 aliphatic heterocycles. The number of nitrogens with zero attached hydrogens (tertiary/aromatic N) is 3. The predicted octanol–water partition coefficient (Wildman–Crippen LogP) is 4.23. The number of amides is 1. The van der Waals surface area contributed by atoms with Crippen LogP contribution in [0.4, 0.5) is 0 Å². The summed E-state index contributed by atoms with van der Waals surface area (Å²) in [4.78, 5) is 20.4. The average Bonchev–Trinajstić information content (AvgIpc) is 2.89. The fraction of sp³-hybridized carbons (Fsp3) is 0.536. The molecular formula is C28H36ClN3O2. The molecule has 0 bridgehead atoms. The van der Waals surface area contributed by atoms with Crippen LogP contribution in [0.15, 0.2) is 48.5 Å². The summed E-state index contributed by atoms with van der Waals surface area (Å²) >= 11 is 6.46. The number of halogens is 1. The maximum atomic E-state index is 13.2. The highest BCUT2D eigenvalue weighted by atomic mass is 35.5. The van der Waals surface area contributed by atoms with Gasteiger partial charge in [0, 0.05) is 56.8 Å². The molecule has 2 saturated heterocycles. The Labute approximate surface area is 208 Å². The van der Waals surface area contributed by atoms with Crippen LogP contribution in [0.1, 0.15) is 36.0 Å². The van der Waals surface area contributed by atoms with E-state index in [2.05, 4.69) is 51.1 Å². The first-order chi connectivity index (χ1) is 16.7. The van der Waals surface area contributed by atoms with Crippen molar-refractivity contribution in [2.24, 2.45) is 5.92 Å². The number of hydrogen-bond donors (Lipinski definition) is 0. The van der Waals surface area contributed by atoms with E-state index in [0.717, 1.165) is 83.3 Å². The zero-order valence-electron chi connectivity index (χ0n) is 20.0. The van der Waals surface area contributed by atoms with Crippen LogP contribution in [0.5, 0.6) is 0 Å². The lowest BCUT2D eigenvalue weighted by Crippen LogP contribution is -2.54. The van der Waals surface area contributed by atoms with E-state index >= 15 is 0 Å². The van der Waals surface area contributed by atoms with Gasteiger partial charge in [0.2, 0.25) is 5.91 Å². The SMILES string of the molecule is O=C(CC[C@@H]1CN(Cc2ccccc2Cl)CC[C@@H]1N1CCOCC1)N1CCc2ccccc2C1. The lowest BCUT2D eigenvalue weighted by atomic mass is 9.86. The molecule has 34 heavy (non-hydrogen) atoms. The van der Waals surface area contributed by atoms with Crippen LogP contribution in [-0.2, 0) is 29.0 Å². The molecule has 2 fully saturated rings. The molecule has 182 valence electrons. The first kappa shape index (κ1) is 23.8. The second-order valence-corrected chi connectivity index (χ2v) is 10.4. The number of carbonyl (C=O) groups is 1. The summed E-state index contributed by atoms with van der Waals surface area (Å²) in [7, 11) is 0. The van der Waals surface area contributed by atoms with E-state index in [1.165, 1.54) is 16.7 Å². The molecule has 0 aromatic heterocycles. The minimum absolute atomic E-state index is 0.304. The van der Waals surface area contributed by atoms with Gasteiger partial charge in [-0.25, -0.2) is 0 Å². The van der Waals surface area contributed by atoms with Crippen LogP contribution < -0.4 is 0 Å². The number of likely N-dealkylation sites (tertiary alicyclic amines) is 1. The highest BCUT2D eigenvalue weighted by Crippen LogP contribution is 2.30. The number of benzene rings is 2. The van der Waals surface area contributed by atoms with Gasteiger partial charge in [0.05, 0.1) is 13.2 Å². The molecule has 0 N–H and O–H groups in total. The molecule has 1 amide bonds. The topological polar surface area (TPSA) is 36.0 Å². The number of hydrogen-bond acceptors (Lipinski definition) is 4. The maximum absolute atomic E-state index is 13.2. The largest absolute Gasteiger partial charge is 0.379 e. The maximum Gasteiger partial charge on any atom is 0.222 e. The second-order valence-electron chi connectivity index (χ2n) is 9.96. The highest BCUT2D eigenvalue weighted by molar-refractivity contribution is 6.31. The summed E-state index contributed by atoms with van der Waals surface area (Å²) in [5.74, 6) is 0.786. The van der Waals surface area contributed by atoms with E-state index in [-0.39, 0.29) is 0 Å². The van der Waals surface area contributed by atoms with Crippen LogP contribution in [-0.4, -0.2) is 72.6 Å². The monoisotopic (exact) mass is 481 g/mol. The van der Waals surface area contributed by atoms with E-state index in [0.29, 0.717) is 24.3 Å². The van der Waals surface area contributed by atoms with Crippen molar-refractivity contribution >= 4 is 17.5 Å². The molecule has 0 radical (unpaired) electrons. The van der Waals surface area contributed by atoms with E-state index in [1.807, 2.05) is 12.1 Å². The lowest BCUT2D eigenvalue weighted by Gasteiger charge is -2.45. The Morgan fingerprint density at radius 1 is 0.971 bits per heavy atom. The summed E-state index contributed by atoms with van der Waals surface area (Å²) in [6.45, 7) is 8.20. The second kappa shape index (κ2) is 11.2. The number of morpholine rings is 1. The van der Waals surface area contributed by atoms with Crippen molar-refractivity contribution in [1.29, 1.82) is 0 Å². The lowest BCUT2D eigenvalue weighted by molar-refractivity contribution is -0.132. The van der Waals surface area contributed by atoms with Gasteiger partial charge in [-0.05, 0) is 54.5 Å².